The highest BCUT2D eigenvalue weighted by atomic mass is 16.2. The maximum atomic E-state index is 14.9. The lowest BCUT2D eigenvalue weighted by Crippen LogP contribution is -2.61. The fourth-order valence-corrected chi connectivity index (χ4v) is 8.37. The molecule has 2 aliphatic rings. The molecule has 1 unspecified atom stereocenters. The van der Waals surface area contributed by atoms with Gasteiger partial charge in [-0.05, 0) is 80.9 Å². The molecule has 1 aromatic heterocycles. The number of rotatable bonds is 15. The lowest BCUT2D eigenvalue weighted by molar-refractivity contribution is -0.159. The molecule has 1 fully saturated rings. The number of allylic oxidation sites excluding steroid dienone is 1. The van der Waals surface area contributed by atoms with E-state index in [9.17, 15) is 24.0 Å². The number of carbonyl (C=O) groups excluding carboxylic acids is 5. The van der Waals surface area contributed by atoms with Crippen LogP contribution in [0.4, 0.5) is 0 Å². The van der Waals surface area contributed by atoms with Crippen molar-refractivity contribution in [2.75, 3.05) is 34.2 Å². The van der Waals surface area contributed by atoms with Gasteiger partial charge in [0, 0.05) is 64.2 Å². The first kappa shape index (κ1) is 43.9. The van der Waals surface area contributed by atoms with Crippen LogP contribution in [0.5, 0.6) is 0 Å². The van der Waals surface area contributed by atoms with E-state index in [0.717, 1.165) is 33.2 Å². The van der Waals surface area contributed by atoms with Crippen molar-refractivity contribution in [1.82, 2.24) is 30.5 Å². The number of Topliss-reactive ketones (excluding diaryl/α,β-unsaturated/α-hetero) is 1. The van der Waals surface area contributed by atoms with Gasteiger partial charge in [0.05, 0.1) is 28.5 Å². The summed E-state index contributed by atoms with van der Waals surface area (Å²) < 4.78 is 0. The van der Waals surface area contributed by atoms with Gasteiger partial charge in [0.2, 0.25) is 23.6 Å². The first-order chi connectivity index (χ1) is 28.3. The van der Waals surface area contributed by atoms with Crippen molar-refractivity contribution in [3.63, 3.8) is 0 Å². The van der Waals surface area contributed by atoms with E-state index in [1.54, 1.807) is 49.7 Å². The molecule has 1 saturated heterocycles. The summed E-state index contributed by atoms with van der Waals surface area (Å²) in [6.45, 7) is 6.90. The second-order valence-electron chi connectivity index (χ2n) is 17.9. The second-order valence-corrected chi connectivity index (χ2v) is 17.9. The molecule has 4 atom stereocenters. The quantitative estimate of drug-likeness (QED) is 0.111. The number of hydrazine groups is 1. The molecule has 4 amide bonds. The molecule has 6 rings (SSSR count). The Bertz CT molecular complexity index is 2270. The predicted molar refractivity (Wildman–Crippen MR) is 234 cm³/mol. The Hall–Kier alpha value is -5.63. The average Bonchev–Trinajstić information content (AvgIpc) is 3.80. The Morgan fingerprint density at radius 2 is 1.45 bits per heavy atom. The minimum absolute atomic E-state index is 0.0600. The van der Waals surface area contributed by atoms with Gasteiger partial charge in [-0.15, -0.1) is 0 Å². The van der Waals surface area contributed by atoms with Crippen LogP contribution in [-0.4, -0.2) is 107 Å². The lowest BCUT2D eigenvalue weighted by atomic mass is 9.74. The summed E-state index contributed by atoms with van der Waals surface area (Å²) in [7, 11) is 5.35. The average molecular weight is 817 g/mol. The maximum absolute atomic E-state index is 14.9. The van der Waals surface area contributed by atoms with Crippen molar-refractivity contribution in [3.05, 3.63) is 113 Å². The Balaban J connectivity index is 1.34. The van der Waals surface area contributed by atoms with Crippen molar-refractivity contribution in [2.24, 2.45) is 16.9 Å². The Labute approximate surface area is 352 Å². The molecule has 13 heteroatoms. The van der Waals surface area contributed by atoms with Crippen LogP contribution in [0.3, 0.4) is 0 Å². The minimum Gasteiger partial charge on any atom is -0.361 e. The van der Waals surface area contributed by atoms with Crippen LogP contribution in [0.15, 0.2) is 91.1 Å². The van der Waals surface area contributed by atoms with Crippen molar-refractivity contribution in [1.29, 1.82) is 0 Å². The van der Waals surface area contributed by atoms with E-state index in [0.29, 0.717) is 31.4 Å². The fourth-order valence-electron chi connectivity index (χ4n) is 8.37. The number of para-hydroxylation sites is 1. The maximum Gasteiger partial charge on any atom is 0.245 e. The van der Waals surface area contributed by atoms with Gasteiger partial charge in [0.1, 0.15) is 6.04 Å². The number of ketones is 1. The molecule has 4 aromatic rings. The van der Waals surface area contributed by atoms with Crippen molar-refractivity contribution < 1.29 is 24.0 Å². The molecule has 3 aromatic carbocycles. The molecule has 0 radical (unpaired) electrons. The summed E-state index contributed by atoms with van der Waals surface area (Å²) >= 11 is 0. The zero-order valence-electron chi connectivity index (χ0n) is 35.9. The van der Waals surface area contributed by atoms with Crippen LogP contribution in [0, 0.1) is 5.41 Å². The van der Waals surface area contributed by atoms with E-state index in [2.05, 4.69) is 15.6 Å². The number of nitrogens with two attached hydrogens (primary N) is 2. The van der Waals surface area contributed by atoms with Gasteiger partial charge in [0.15, 0.2) is 5.78 Å². The lowest BCUT2D eigenvalue weighted by Gasteiger charge is -2.45. The molecule has 0 bridgehead atoms. The molecule has 0 spiro atoms. The van der Waals surface area contributed by atoms with E-state index in [1.165, 1.54) is 0 Å². The number of likely N-dealkylation sites (tertiary alicyclic amines) is 1. The van der Waals surface area contributed by atoms with Gasteiger partial charge in [0.25, 0.3) is 0 Å². The van der Waals surface area contributed by atoms with Crippen LogP contribution in [0.25, 0.3) is 16.5 Å². The van der Waals surface area contributed by atoms with Crippen LogP contribution in [-0.2, 0) is 36.8 Å². The highest BCUT2D eigenvalue weighted by Gasteiger charge is 2.47. The number of amides is 4. The molecular weight excluding hydrogens is 757 g/mol. The highest BCUT2D eigenvalue weighted by molar-refractivity contribution is 6.01. The number of aromatic nitrogens is 1. The van der Waals surface area contributed by atoms with Crippen molar-refractivity contribution >= 4 is 45.9 Å². The first-order valence-electron chi connectivity index (χ1n) is 20.7. The monoisotopic (exact) mass is 816 g/mol. The number of H-pyrrole nitrogens is 1. The van der Waals surface area contributed by atoms with Gasteiger partial charge in [-0.3, -0.25) is 29.0 Å². The van der Waals surface area contributed by atoms with Crippen LogP contribution >= 0.6 is 0 Å². The number of hydrogen-bond acceptors (Lipinski definition) is 8. The Morgan fingerprint density at radius 3 is 2.12 bits per heavy atom. The minimum atomic E-state index is -1.30. The van der Waals surface area contributed by atoms with Gasteiger partial charge in [-0.1, -0.05) is 78.9 Å². The molecule has 1 aliphatic heterocycles. The fraction of sp³-hybridized carbons (Fsp3) is 0.426. The molecule has 1 aliphatic carbocycles. The van der Waals surface area contributed by atoms with Gasteiger partial charge in [-0.2, -0.15) is 0 Å². The van der Waals surface area contributed by atoms with E-state index < -0.39 is 46.3 Å². The summed E-state index contributed by atoms with van der Waals surface area (Å²) in [6, 6.07) is 23.1. The number of fused-ring (bicyclic) bond motifs is 2. The predicted octanol–water partition coefficient (Wildman–Crippen LogP) is 4.08. The topological polar surface area (TPSA) is 187 Å². The summed E-state index contributed by atoms with van der Waals surface area (Å²) in [6.07, 6.45) is 5.58. The molecule has 60 heavy (non-hydrogen) atoms. The van der Waals surface area contributed by atoms with Crippen molar-refractivity contribution in [3.8, 4) is 0 Å². The smallest absolute Gasteiger partial charge is 0.245 e. The van der Waals surface area contributed by atoms with Crippen LogP contribution in [0.2, 0.25) is 0 Å². The number of aromatic amines is 1. The van der Waals surface area contributed by atoms with E-state index in [4.69, 9.17) is 11.5 Å². The highest BCUT2D eigenvalue weighted by Crippen LogP contribution is 2.41. The van der Waals surface area contributed by atoms with Crippen LogP contribution < -0.4 is 22.1 Å². The summed E-state index contributed by atoms with van der Waals surface area (Å²) in [4.78, 5) is 76.1. The van der Waals surface area contributed by atoms with E-state index in [1.807, 2.05) is 105 Å². The zero-order chi connectivity index (χ0) is 43.6. The third kappa shape index (κ3) is 9.54. The van der Waals surface area contributed by atoms with Gasteiger partial charge < -0.3 is 32.0 Å². The summed E-state index contributed by atoms with van der Waals surface area (Å²) in [5, 5.41) is 10.2. The van der Waals surface area contributed by atoms with Gasteiger partial charge in [-0.25, -0.2) is 5.01 Å². The number of hydrogen-bond donors (Lipinski definition) is 5. The Kier molecular flexibility index (Phi) is 12.8. The van der Waals surface area contributed by atoms with E-state index >= 15 is 0 Å². The largest absolute Gasteiger partial charge is 0.361 e. The third-order valence-corrected chi connectivity index (χ3v) is 11.9. The molecular formula is C47H60N8O5. The summed E-state index contributed by atoms with van der Waals surface area (Å²) in [5.41, 5.74) is 14.0. The van der Waals surface area contributed by atoms with Crippen molar-refractivity contribution in [2.45, 2.75) is 88.9 Å². The third-order valence-electron chi connectivity index (χ3n) is 11.9. The number of nitrogens with one attached hydrogen (secondary N) is 3. The SMILES string of the molecule is CN(C)N(C)C(=O)[C@@]1(Cc2ccccc2)CCCN(C(=O)[C@@H](CC2=CC(C(=O)[C@@H](Cc3c[nH]c4ccccc34)NC(=O)C(C)(C)N)c3ccccc32)NC(=O)C(C)(C)N)C1. The second kappa shape index (κ2) is 17.5. The van der Waals surface area contributed by atoms with E-state index in [-0.39, 0.29) is 37.0 Å². The molecule has 2 heterocycles. The standard InChI is InChI=1S/C47H60N8O5/c1-45(2,48)42(58)51-38(26-32-28-50-37-21-14-13-19-34(32)37)40(56)36-24-31(33-18-11-12-20-35(33)36)25-39(52-43(59)46(3,4)49)41(57)55-23-15-22-47(29-55,44(60)54(7)53(5)6)27-30-16-9-8-10-17-30/h8-14,16-21,24,28,36,38-39,50H,15,22-23,25-27,29,48-49H2,1-7H3,(H,51,58)(H,52,59)/t36?,38-,39-,47-/m1/s1. The normalized spacial score (nSPS) is 19.0. The Morgan fingerprint density at radius 1 is 0.833 bits per heavy atom. The number of carbonyl (C=O) groups is 5. The van der Waals surface area contributed by atoms with Crippen LogP contribution in [0.1, 0.15) is 75.1 Å². The molecule has 0 saturated carbocycles. The van der Waals surface area contributed by atoms with Gasteiger partial charge >= 0.3 is 0 Å². The number of nitrogens with zero attached hydrogens (tertiary/aromatic N) is 3. The molecule has 7 N–H and O–H groups in total. The number of benzene rings is 3. The number of piperidine rings is 1. The zero-order valence-corrected chi connectivity index (χ0v) is 35.9. The molecule has 13 nitrogen and oxygen atoms in total. The summed E-state index contributed by atoms with van der Waals surface area (Å²) in [5.74, 6) is -2.42. The first-order valence-corrected chi connectivity index (χ1v) is 20.7. The molecule has 318 valence electrons.